The van der Waals surface area contributed by atoms with Crippen molar-refractivity contribution in [2.45, 2.75) is 141 Å². The summed E-state index contributed by atoms with van der Waals surface area (Å²) >= 11 is 0. The summed E-state index contributed by atoms with van der Waals surface area (Å²) in [7, 11) is -4.63. The third kappa shape index (κ3) is 6.82. The number of hydrogen-bond donors (Lipinski definition) is 7. The van der Waals surface area contributed by atoms with E-state index in [0.29, 0.717) is 38.0 Å². The number of aliphatic hydroxyl groups excluding tert-OH is 6. The minimum Gasteiger partial charge on any atom is -0.396 e. The first-order valence-electron chi connectivity index (χ1n) is 17.5. The molecule has 0 aromatic heterocycles. The van der Waals surface area contributed by atoms with Crippen molar-refractivity contribution < 1.29 is 57.3 Å². The Balaban J connectivity index is 1.48. The molecule has 0 spiro atoms. The summed E-state index contributed by atoms with van der Waals surface area (Å²) in [6.07, 6.45) is -1.76. The van der Waals surface area contributed by atoms with Crippen molar-refractivity contribution in [1.82, 2.24) is 0 Å². The molecule has 268 valence electrons. The summed E-state index contributed by atoms with van der Waals surface area (Å²) in [5.41, 5.74) is -0.842. The SMILES string of the molecule is CC(C)CCCC(CO)[C@H]1CCC2C3C[C@@H](O)C4C[C@H](OS(=O)(=O)O)CC[C@]4(C)C3C[C@@H](O[C@@H]3O[C@H](CO)[C@@H](O)[C@H](O)[C@H]3O)[C@@]21C. The van der Waals surface area contributed by atoms with Crippen molar-refractivity contribution in [3.8, 4) is 0 Å². The van der Waals surface area contributed by atoms with Crippen molar-refractivity contribution in [1.29, 1.82) is 0 Å². The maximum atomic E-state index is 11.6. The van der Waals surface area contributed by atoms with E-state index in [2.05, 4.69) is 27.7 Å². The highest BCUT2D eigenvalue weighted by atomic mass is 32.3. The van der Waals surface area contributed by atoms with Crippen LogP contribution in [0.2, 0.25) is 0 Å². The fraction of sp³-hybridized carbons (Fsp3) is 1.00. The largest absolute Gasteiger partial charge is 0.397 e. The van der Waals surface area contributed by atoms with Crippen LogP contribution in [0, 0.1) is 52.3 Å². The molecule has 46 heavy (non-hydrogen) atoms. The van der Waals surface area contributed by atoms with Gasteiger partial charge in [-0.15, -0.1) is 0 Å². The van der Waals surface area contributed by atoms with E-state index >= 15 is 0 Å². The second-order valence-corrected chi connectivity index (χ2v) is 17.1. The quantitative estimate of drug-likeness (QED) is 0.124. The second-order valence-electron chi connectivity index (χ2n) is 16.1. The van der Waals surface area contributed by atoms with Gasteiger partial charge in [0.15, 0.2) is 6.29 Å². The van der Waals surface area contributed by atoms with Crippen LogP contribution in [0.5, 0.6) is 0 Å². The molecule has 5 fully saturated rings. The Labute approximate surface area is 273 Å². The first kappa shape index (κ1) is 36.8. The summed E-state index contributed by atoms with van der Waals surface area (Å²) in [4.78, 5) is 0. The Kier molecular flexibility index (Phi) is 11.2. The number of fused-ring (bicyclic) bond motifs is 5. The summed E-state index contributed by atoms with van der Waals surface area (Å²) in [5.74, 6) is 0.791. The normalized spacial score (nSPS) is 48.5. The Bertz CT molecular complexity index is 1140. The first-order valence-corrected chi connectivity index (χ1v) is 18.8. The lowest BCUT2D eigenvalue weighted by Gasteiger charge is -2.64. The third-order valence-corrected chi connectivity index (χ3v) is 13.9. The van der Waals surface area contributed by atoms with E-state index in [9.17, 15) is 43.6 Å². The molecule has 0 aromatic rings. The van der Waals surface area contributed by atoms with Crippen LogP contribution in [0.4, 0.5) is 0 Å². The fourth-order valence-corrected chi connectivity index (χ4v) is 11.5. The van der Waals surface area contributed by atoms with Gasteiger partial charge < -0.3 is 40.1 Å². The highest BCUT2D eigenvalue weighted by molar-refractivity contribution is 7.80. The van der Waals surface area contributed by atoms with Gasteiger partial charge in [0, 0.05) is 12.0 Å². The summed E-state index contributed by atoms with van der Waals surface area (Å²) in [6, 6.07) is 0. The number of aliphatic hydroxyl groups is 6. The molecular weight excluding hydrogens is 620 g/mol. The molecule has 0 radical (unpaired) electrons. The van der Waals surface area contributed by atoms with E-state index in [1.165, 1.54) is 0 Å². The van der Waals surface area contributed by atoms with Crippen molar-refractivity contribution in [2.24, 2.45) is 52.3 Å². The van der Waals surface area contributed by atoms with Crippen LogP contribution in [-0.2, 0) is 24.1 Å². The molecule has 0 aromatic carbocycles. The Morgan fingerprint density at radius 3 is 2.24 bits per heavy atom. The van der Waals surface area contributed by atoms with Gasteiger partial charge in [-0.3, -0.25) is 4.55 Å². The monoisotopic (exact) mass is 678 g/mol. The molecule has 1 aliphatic heterocycles. The van der Waals surface area contributed by atoms with Gasteiger partial charge in [0.05, 0.1) is 24.9 Å². The average Bonchev–Trinajstić information content (AvgIpc) is 3.34. The maximum Gasteiger partial charge on any atom is 0.397 e. The van der Waals surface area contributed by atoms with E-state index < -0.39 is 71.4 Å². The summed E-state index contributed by atoms with van der Waals surface area (Å²) in [5, 5.41) is 64.2. The van der Waals surface area contributed by atoms with E-state index in [1.807, 2.05) is 0 Å². The highest BCUT2D eigenvalue weighted by Crippen LogP contribution is 2.69. The fourth-order valence-electron chi connectivity index (χ4n) is 11.0. The van der Waals surface area contributed by atoms with E-state index in [0.717, 1.165) is 32.1 Å². The molecule has 5 unspecified atom stereocenters. The van der Waals surface area contributed by atoms with Crippen LogP contribution in [0.1, 0.15) is 91.9 Å². The lowest BCUT2D eigenvalue weighted by atomic mass is 9.43. The van der Waals surface area contributed by atoms with Gasteiger partial charge in [0.25, 0.3) is 0 Å². The van der Waals surface area contributed by atoms with Gasteiger partial charge >= 0.3 is 10.4 Å². The van der Waals surface area contributed by atoms with E-state index in [4.69, 9.17) is 13.7 Å². The lowest BCUT2D eigenvalue weighted by Crippen LogP contribution is -2.64. The molecule has 7 N–H and O–H groups in total. The molecule has 5 rings (SSSR count). The van der Waals surface area contributed by atoms with Crippen LogP contribution in [0.15, 0.2) is 0 Å². The zero-order valence-electron chi connectivity index (χ0n) is 27.7. The molecule has 12 nitrogen and oxygen atoms in total. The van der Waals surface area contributed by atoms with E-state index in [1.54, 1.807) is 0 Å². The smallest absolute Gasteiger partial charge is 0.396 e. The molecule has 4 aliphatic carbocycles. The van der Waals surface area contributed by atoms with Gasteiger partial charge in [-0.25, -0.2) is 4.18 Å². The Morgan fingerprint density at radius 2 is 1.61 bits per heavy atom. The average molecular weight is 679 g/mol. The standard InChI is InChI=1S/C33H58O12S/c1-17(2)6-5-7-18(15-34)21-8-9-22-20-13-25(36)24-12-19(45-46(40,41)42)10-11-32(24,3)23(20)14-27(33(21,22)4)44-31-30(39)29(38)28(37)26(16-35)43-31/h17-31,34-39H,5-16H2,1-4H3,(H,40,41,42)/t18?,19-,20?,21-,22?,23?,24?,25-,26-,27-,28-,29+,30-,31+,32-,33-/m1/s1. The molecule has 1 heterocycles. The second kappa shape index (κ2) is 14.0. The molecular formula is C33H58O12S. The van der Waals surface area contributed by atoms with Gasteiger partial charge in [-0.2, -0.15) is 8.42 Å². The highest BCUT2D eigenvalue weighted by Gasteiger charge is 2.66. The van der Waals surface area contributed by atoms with Crippen LogP contribution in [-0.4, -0.2) is 106 Å². The molecule has 0 bridgehead atoms. The topological polar surface area (TPSA) is 203 Å². The Hall–Kier alpha value is -0.450. The van der Waals surface area contributed by atoms with Gasteiger partial charge in [0.2, 0.25) is 0 Å². The van der Waals surface area contributed by atoms with Gasteiger partial charge in [-0.1, -0.05) is 40.5 Å². The molecule has 5 aliphatic rings. The van der Waals surface area contributed by atoms with Crippen molar-refractivity contribution in [3.63, 3.8) is 0 Å². The first-order chi connectivity index (χ1) is 21.5. The number of ether oxygens (including phenoxy) is 2. The third-order valence-electron chi connectivity index (χ3n) is 13.3. The minimum absolute atomic E-state index is 0.0380. The molecule has 0 amide bonds. The molecule has 13 heteroatoms. The Morgan fingerprint density at radius 1 is 0.891 bits per heavy atom. The zero-order chi connectivity index (χ0) is 33.8. The maximum absolute atomic E-state index is 11.6. The van der Waals surface area contributed by atoms with Crippen molar-refractivity contribution in [3.05, 3.63) is 0 Å². The predicted octanol–water partition coefficient (Wildman–Crippen LogP) is 2.03. The van der Waals surface area contributed by atoms with Crippen molar-refractivity contribution in [2.75, 3.05) is 13.2 Å². The van der Waals surface area contributed by atoms with Crippen molar-refractivity contribution >= 4 is 10.4 Å². The minimum atomic E-state index is -4.63. The summed E-state index contributed by atoms with van der Waals surface area (Å²) in [6.45, 7) is 8.24. The van der Waals surface area contributed by atoms with Crippen LogP contribution in [0.3, 0.4) is 0 Å². The van der Waals surface area contributed by atoms with Crippen LogP contribution in [0.25, 0.3) is 0 Å². The lowest BCUT2D eigenvalue weighted by molar-refractivity contribution is -0.333. The molecule has 4 saturated carbocycles. The van der Waals surface area contributed by atoms with Crippen LogP contribution >= 0.6 is 0 Å². The summed E-state index contributed by atoms with van der Waals surface area (Å²) < 4.78 is 50.0. The molecule has 16 atom stereocenters. The molecule has 1 saturated heterocycles. The van der Waals surface area contributed by atoms with Gasteiger partial charge in [-0.05, 0) is 98.2 Å². The number of rotatable bonds is 11. The van der Waals surface area contributed by atoms with Gasteiger partial charge in [0.1, 0.15) is 24.4 Å². The zero-order valence-corrected chi connectivity index (χ0v) is 28.5. The predicted molar refractivity (Wildman–Crippen MR) is 166 cm³/mol. The van der Waals surface area contributed by atoms with E-state index in [-0.39, 0.29) is 47.5 Å². The van der Waals surface area contributed by atoms with Crippen LogP contribution < -0.4 is 0 Å². The number of hydrogen-bond acceptors (Lipinski definition) is 11.